The largest absolute Gasteiger partial charge is 0.436 e. The molecule has 0 bridgehead atoms. The summed E-state index contributed by atoms with van der Waals surface area (Å²) in [4.78, 5) is 61.2. The highest BCUT2D eigenvalue weighted by molar-refractivity contribution is 5.98. The Morgan fingerprint density at radius 3 is 1.49 bits per heavy atom. The minimum Gasteiger partial charge on any atom is -0.436 e. The van der Waals surface area contributed by atoms with E-state index in [0.29, 0.717) is 73.6 Å². The first-order valence-electron chi connectivity index (χ1n) is 19.8. The summed E-state index contributed by atoms with van der Waals surface area (Å²) in [5.74, 6) is 1.43. The summed E-state index contributed by atoms with van der Waals surface area (Å²) in [6, 6.07) is 13.4. The number of carbonyl (C=O) groups excluding carboxylic acids is 4. The van der Waals surface area contributed by atoms with Crippen molar-refractivity contribution in [2.24, 2.45) is 11.8 Å². The number of benzene rings is 2. The third-order valence-corrected chi connectivity index (χ3v) is 10.5. The van der Waals surface area contributed by atoms with Gasteiger partial charge in [0.05, 0.1) is 29.6 Å². The molecule has 7 rings (SSSR count). The zero-order chi connectivity index (χ0) is 39.1. The van der Waals surface area contributed by atoms with Gasteiger partial charge in [-0.3, -0.25) is 19.2 Å². The van der Waals surface area contributed by atoms with Gasteiger partial charge in [0.25, 0.3) is 0 Å². The number of nitrogens with one attached hydrogen (secondary N) is 2. The first-order chi connectivity index (χ1) is 26.1. The molecule has 2 saturated carbocycles. The van der Waals surface area contributed by atoms with Crippen LogP contribution in [0.3, 0.4) is 0 Å². The van der Waals surface area contributed by atoms with E-state index in [1.54, 1.807) is 28.1 Å². The molecule has 1 aromatic heterocycles. The van der Waals surface area contributed by atoms with Gasteiger partial charge in [-0.05, 0) is 128 Å². The van der Waals surface area contributed by atoms with Gasteiger partial charge in [0.2, 0.25) is 29.5 Å². The quantitative estimate of drug-likeness (QED) is 0.200. The first kappa shape index (κ1) is 38.7. The lowest BCUT2D eigenvalue weighted by molar-refractivity contribution is -0.137. The fourth-order valence-corrected chi connectivity index (χ4v) is 7.59. The first-order valence-corrected chi connectivity index (χ1v) is 19.8. The van der Waals surface area contributed by atoms with Crippen LogP contribution in [0.5, 0.6) is 0 Å². The Labute approximate surface area is 323 Å². The fraction of sp³-hybridized carbons (Fsp3) is 0.558. The van der Waals surface area contributed by atoms with Crippen LogP contribution in [-0.4, -0.2) is 87.0 Å². The number of carbonyl (C=O) groups is 4. The van der Waals surface area contributed by atoms with Crippen molar-refractivity contribution in [2.75, 3.05) is 23.7 Å². The van der Waals surface area contributed by atoms with E-state index < -0.39 is 12.1 Å². The van der Waals surface area contributed by atoms with Crippen LogP contribution < -0.4 is 10.6 Å². The number of oxazole rings is 1. The van der Waals surface area contributed by atoms with Crippen LogP contribution in [-0.2, 0) is 28.7 Å². The van der Waals surface area contributed by atoms with Crippen molar-refractivity contribution in [2.45, 2.75) is 128 Å². The minimum atomic E-state index is -0.591. The molecule has 55 heavy (non-hydrogen) atoms. The number of aromatic nitrogens is 1. The molecular formula is C43H55N5O7. The molecule has 3 aromatic rings. The Morgan fingerprint density at radius 1 is 0.673 bits per heavy atom. The molecule has 2 aromatic carbocycles. The molecule has 0 radical (unpaired) electrons. The molecule has 12 nitrogen and oxygen atoms in total. The molecule has 4 unspecified atom stereocenters. The maximum absolute atomic E-state index is 13.5. The van der Waals surface area contributed by atoms with Crippen LogP contribution in [0.4, 0.5) is 11.4 Å². The topological polar surface area (TPSA) is 143 Å². The number of nitrogens with zero attached hydrogens (tertiary/aromatic N) is 3. The Kier molecular flexibility index (Phi) is 10.9. The van der Waals surface area contributed by atoms with Crippen molar-refractivity contribution in [1.82, 2.24) is 14.8 Å². The van der Waals surface area contributed by atoms with Crippen molar-refractivity contribution in [1.29, 1.82) is 0 Å². The van der Waals surface area contributed by atoms with Gasteiger partial charge < -0.3 is 34.3 Å². The average molecular weight is 754 g/mol. The summed E-state index contributed by atoms with van der Waals surface area (Å²) in [6.07, 6.45) is 7.42. The molecule has 12 heteroatoms. The fourth-order valence-electron chi connectivity index (χ4n) is 7.59. The summed E-state index contributed by atoms with van der Waals surface area (Å²) in [5.41, 5.74) is 2.00. The summed E-state index contributed by atoms with van der Waals surface area (Å²) < 4.78 is 18.5. The number of anilines is 2. The van der Waals surface area contributed by atoms with Crippen molar-refractivity contribution in [3.8, 4) is 22.8 Å². The van der Waals surface area contributed by atoms with Crippen LogP contribution in [0.15, 0.2) is 59.1 Å². The van der Waals surface area contributed by atoms with E-state index in [1.165, 1.54) is 0 Å². The molecule has 4 aliphatic rings. The molecule has 3 heterocycles. The maximum atomic E-state index is 13.5. The number of amides is 4. The van der Waals surface area contributed by atoms with Crippen molar-refractivity contribution >= 4 is 35.0 Å². The molecule has 0 spiro atoms. The zero-order valence-electron chi connectivity index (χ0n) is 32.9. The normalized spacial score (nSPS) is 22.9. The third kappa shape index (κ3) is 10.2. The molecule has 2 aliphatic carbocycles. The Bertz CT molecular complexity index is 1730. The monoisotopic (exact) mass is 753 g/mol. The van der Waals surface area contributed by atoms with E-state index in [9.17, 15) is 19.2 Å². The van der Waals surface area contributed by atoms with Gasteiger partial charge in [0.1, 0.15) is 12.1 Å². The van der Waals surface area contributed by atoms with E-state index >= 15 is 0 Å². The summed E-state index contributed by atoms with van der Waals surface area (Å²) >= 11 is 0. The lowest BCUT2D eigenvalue weighted by Crippen LogP contribution is -2.43. The number of rotatable bonds is 12. The lowest BCUT2D eigenvalue weighted by Gasteiger charge is -2.25. The van der Waals surface area contributed by atoms with E-state index in [0.717, 1.165) is 36.8 Å². The molecular weight excluding hydrogens is 699 g/mol. The third-order valence-electron chi connectivity index (χ3n) is 10.5. The van der Waals surface area contributed by atoms with E-state index in [2.05, 4.69) is 15.6 Å². The molecule has 294 valence electrons. The highest BCUT2D eigenvalue weighted by Crippen LogP contribution is 2.36. The SMILES string of the molecule is CC(C)(C)OC1CC(C(=O)Nc2ccc(-c3cnc(-c4ccc(NC(=O)C5CC(OC(C)(C)C)CN5C(=O)CC5CC5)cc4)o3)cc2)N(C(=O)CC2CC2)C1. The maximum Gasteiger partial charge on any atom is 0.247 e. The lowest BCUT2D eigenvalue weighted by atomic mass is 10.1. The van der Waals surface area contributed by atoms with Gasteiger partial charge in [-0.25, -0.2) is 4.98 Å². The minimum absolute atomic E-state index is 0.0184. The highest BCUT2D eigenvalue weighted by atomic mass is 16.5. The summed E-state index contributed by atoms with van der Waals surface area (Å²) in [5, 5.41) is 6.01. The smallest absolute Gasteiger partial charge is 0.247 e. The predicted octanol–water partition coefficient (Wildman–Crippen LogP) is 7.06. The second kappa shape index (κ2) is 15.5. The number of hydrogen-bond acceptors (Lipinski definition) is 8. The standard InChI is InChI=1S/C43H55N5O7/c1-42(2,3)54-32-21-34(47(24-32)37(49)19-26-7-8-26)39(51)45-30-15-11-28(12-16-30)36-23-44-41(53-36)29-13-17-31(18-14-29)46-40(52)35-22-33(55-43(4,5)6)25-48(35)38(50)20-27-9-10-27/h11-18,23,26-27,32-35H,7-10,19-22,24-25H2,1-6H3,(H,45,51)(H,46,52). The Balaban J connectivity index is 0.954. The number of ether oxygens (including phenoxy) is 2. The molecule has 2 N–H and O–H groups in total. The predicted molar refractivity (Wildman–Crippen MR) is 209 cm³/mol. The van der Waals surface area contributed by atoms with Crippen molar-refractivity contribution in [3.05, 3.63) is 54.7 Å². The van der Waals surface area contributed by atoms with Crippen LogP contribution in [0.1, 0.15) is 92.9 Å². The Hall–Kier alpha value is -4.55. The molecule has 2 aliphatic heterocycles. The second-order valence-electron chi connectivity index (χ2n) is 17.8. The van der Waals surface area contributed by atoms with E-state index in [-0.39, 0.29) is 47.0 Å². The van der Waals surface area contributed by atoms with E-state index in [4.69, 9.17) is 13.9 Å². The molecule has 4 atom stereocenters. The van der Waals surface area contributed by atoms with E-state index in [1.807, 2.05) is 77.9 Å². The summed E-state index contributed by atoms with van der Waals surface area (Å²) in [6.45, 7) is 12.7. The van der Waals surface area contributed by atoms with Gasteiger partial charge in [-0.1, -0.05) is 0 Å². The number of hydrogen-bond donors (Lipinski definition) is 2. The average Bonchev–Trinajstić information content (AvgIpc) is 3.95. The van der Waals surface area contributed by atoms with Gasteiger partial charge in [-0.15, -0.1) is 0 Å². The van der Waals surface area contributed by atoms with Crippen molar-refractivity contribution in [3.63, 3.8) is 0 Å². The van der Waals surface area contributed by atoms with Gasteiger partial charge in [0.15, 0.2) is 5.76 Å². The van der Waals surface area contributed by atoms with Gasteiger partial charge in [-0.2, -0.15) is 0 Å². The molecule has 2 saturated heterocycles. The van der Waals surface area contributed by atoms with Gasteiger partial charge in [0, 0.05) is 61.3 Å². The van der Waals surface area contributed by atoms with Crippen molar-refractivity contribution < 1.29 is 33.1 Å². The highest BCUT2D eigenvalue weighted by Gasteiger charge is 2.44. The summed E-state index contributed by atoms with van der Waals surface area (Å²) in [7, 11) is 0. The molecule has 4 fully saturated rings. The zero-order valence-corrected chi connectivity index (χ0v) is 32.9. The van der Waals surface area contributed by atoms with Gasteiger partial charge >= 0.3 is 0 Å². The Morgan fingerprint density at radius 2 is 1.09 bits per heavy atom. The van der Waals surface area contributed by atoms with Crippen LogP contribution >= 0.6 is 0 Å². The second-order valence-corrected chi connectivity index (χ2v) is 17.8. The van der Waals surface area contributed by atoms with Crippen LogP contribution in [0.2, 0.25) is 0 Å². The van der Waals surface area contributed by atoms with Crippen LogP contribution in [0, 0.1) is 11.8 Å². The molecule has 4 amide bonds. The van der Waals surface area contributed by atoms with Crippen LogP contribution in [0.25, 0.3) is 22.8 Å². The number of likely N-dealkylation sites (tertiary alicyclic amines) is 2.